The fourth-order valence-electron chi connectivity index (χ4n) is 1.94. The van der Waals surface area contributed by atoms with Gasteiger partial charge >= 0.3 is 0 Å². The highest BCUT2D eigenvalue weighted by atomic mass is 16.3. The highest BCUT2D eigenvalue weighted by Crippen LogP contribution is 2.13. The Morgan fingerprint density at radius 1 is 1.40 bits per heavy atom. The molecular formula is C15H22N4O. The van der Waals surface area contributed by atoms with Crippen molar-refractivity contribution in [2.45, 2.75) is 33.4 Å². The van der Waals surface area contributed by atoms with Crippen LogP contribution in [0, 0.1) is 6.92 Å². The van der Waals surface area contributed by atoms with Gasteiger partial charge in [0.05, 0.1) is 12.8 Å². The molecule has 0 aromatic carbocycles. The van der Waals surface area contributed by atoms with Gasteiger partial charge in [0.25, 0.3) is 0 Å². The molecule has 5 heteroatoms. The average molecular weight is 274 g/mol. The quantitative estimate of drug-likeness (QED) is 0.786. The number of nitrogens with one attached hydrogen (secondary N) is 1. The van der Waals surface area contributed by atoms with E-state index >= 15 is 0 Å². The summed E-state index contributed by atoms with van der Waals surface area (Å²) in [6, 6.07) is 3.84. The maximum atomic E-state index is 5.34. The first kappa shape index (κ1) is 14.5. The Morgan fingerprint density at radius 2 is 2.25 bits per heavy atom. The molecule has 20 heavy (non-hydrogen) atoms. The Balaban J connectivity index is 2.00. The normalized spacial score (nSPS) is 10.8. The third-order valence-corrected chi connectivity index (χ3v) is 3.13. The van der Waals surface area contributed by atoms with Gasteiger partial charge in [0, 0.05) is 31.0 Å². The number of hydrogen-bond acceptors (Lipinski definition) is 5. The predicted octanol–water partition coefficient (Wildman–Crippen LogP) is 2.51. The molecule has 0 spiro atoms. The molecule has 0 aliphatic carbocycles. The van der Waals surface area contributed by atoms with Crippen molar-refractivity contribution in [1.29, 1.82) is 0 Å². The topological polar surface area (TPSA) is 54.2 Å². The molecule has 0 amide bonds. The van der Waals surface area contributed by atoms with Crippen molar-refractivity contribution >= 4 is 5.95 Å². The molecule has 0 bridgehead atoms. The van der Waals surface area contributed by atoms with Crippen LogP contribution >= 0.6 is 0 Å². The minimum absolute atomic E-state index is 0.667. The van der Waals surface area contributed by atoms with Crippen LogP contribution in [0.3, 0.4) is 0 Å². The zero-order valence-electron chi connectivity index (χ0n) is 12.4. The third-order valence-electron chi connectivity index (χ3n) is 3.13. The molecule has 0 aliphatic rings. The summed E-state index contributed by atoms with van der Waals surface area (Å²) < 4.78 is 5.34. The number of hydrogen-bond donors (Lipinski definition) is 1. The van der Waals surface area contributed by atoms with Crippen molar-refractivity contribution in [3.63, 3.8) is 0 Å². The summed E-state index contributed by atoms with van der Waals surface area (Å²) in [5, 5.41) is 3.37. The molecule has 108 valence electrons. The molecule has 0 aliphatic heterocycles. The molecule has 0 fully saturated rings. The van der Waals surface area contributed by atoms with Crippen LogP contribution in [-0.4, -0.2) is 23.6 Å². The third kappa shape index (κ3) is 3.81. The second-order valence-corrected chi connectivity index (χ2v) is 4.89. The number of rotatable bonds is 7. The molecule has 0 radical (unpaired) electrons. The molecular weight excluding hydrogens is 252 g/mol. The van der Waals surface area contributed by atoms with E-state index in [1.165, 1.54) is 0 Å². The summed E-state index contributed by atoms with van der Waals surface area (Å²) in [5.41, 5.74) is 2.17. The lowest BCUT2D eigenvalue weighted by Gasteiger charge is -2.17. The summed E-state index contributed by atoms with van der Waals surface area (Å²) in [6.07, 6.45) is 4.71. The number of furan rings is 1. The van der Waals surface area contributed by atoms with Crippen LogP contribution in [0.2, 0.25) is 0 Å². The molecule has 0 unspecified atom stereocenters. The number of nitrogens with zero attached hydrogens (tertiary/aromatic N) is 3. The highest BCUT2D eigenvalue weighted by molar-refractivity contribution is 5.32. The van der Waals surface area contributed by atoms with Gasteiger partial charge in [0.1, 0.15) is 5.76 Å². The molecule has 5 nitrogen and oxygen atoms in total. The molecule has 1 N–H and O–H groups in total. The van der Waals surface area contributed by atoms with Crippen molar-refractivity contribution in [2.75, 3.05) is 18.5 Å². The molecule has 0 saturated heterocycles. The lowest BCUT2D eigenvalue weighted by molar-refractivity contribution is 0.506. The molecule has 2 rings (SSSR count). The van der Waals surface area contributed by atoms with Crippen molar-refractivity contribution in [3.8, 4) is 0 Å². The first-order valence-electron chi connectivity index (χ1n) is 6.97. The van der Waals surface area contributed by atoms with E-state index in [9.17, 15) is 0 Å². The van der Waals surface area contributed by atoms with Gasteiger partial charge in [-0.15, -0.1) is 0 Å². The van der Waals surface area contributed by atoms with E-state index in [1.54, 1.807) is 6.26 Å². The highest BCUT2D eigenvalue weighted by Gasteiger charge is 2.09. The van der Waals surface area contributed by atoms with Crippen LogP contribution in [0.5, 0.6) is 0 Å². The van der Waals surface area contributed by atoms with E-state index in [0.717, 1.165) is 42.5 Å². The monoisotopic (exact) mass is 274 g/mol. The summed E-state index contributed by atoms with van der Waals surface area (Å²) in [7, 11) is 1.96. The minimum atomic E-state index is 0.667. The van der Waals surface area contributed by atoms with Crippen LogP contribution in [0.15, 0.2) is 29.0 Å². The summed E-state index contributed by atoms with van der Waals surface area (Å²) >= 11 is 0. The summed E-state index contributed by atoms with van der Waals surface area (Å²) in [6.45, 7) is 6.68. The SMILES string of the molecule is CCCNCc1cnc(N(C)Cc2ccco2)nc1C. The fourth-order valence-corrected chi connectivity index (χ4v) is 1.94. The van der Waals surface area contributed by atoms with Gasteiger partial charge in [0.15, 0.2) is 0 Å². The van der Waals surface area contributed by atoms with Gasteiger partial charge in [-0.2, -0.15) is 0 Å². The fraction of sp³-hybridized carbons (Fsp3) is 0.467. The van der Waals surface area contributed by atoms with E-state index in [2.05, 4.69) is 22.2 Å². The first-order valence-corrected chi connectivity index (χ1v) is 6.97. The van der Waals surface area contributed by atoms with Gasteiger partial charge in [-0.25, -0.2) is 9.97 Å². The van der Waals surface area contributed by atoms with Gasteiger partial charge in [-0.05, 0) is 32.0 Å². The Kier molecular flexibility index (Phi) is 5.12. The Hall–Kier alpha value is -1.88. The Morgan fingerprint density at radius 3 is 2.90 bits per heavy atom. The van der Waals surface area contributed by atoms with Gasteiger partial charge in [-0.1, -0.05) is 6.92 Å². The van der Waals surface area contributed by atoms with E-state index < -0.39 is 0 Å². The standard InChI is InChI=1S/C15H22N4O/c1-4-7-16-9-13-10-17-15(18-12(13)2)19(3)11-14-6-5-8-20-14/h5-6,8,10,16H,4,7,9,11H2,1-3H3. The Labute approximate surface area is 120 Å². The summed E-state index contributed by atoms with van der Waals surface area (Å²) in [4.78, 5) is 11.0. The lowest BCUT2D eigenvalue weighted by Crippen LogP contribution is -2.20. The van der Waals surface area contributed by atoms with Crippen molar-refractivity contribution < 1.29 is 4.42 Å². The Bertz CT molecular complexity index is 525. The number of anilines is 1. The van der Waals surface area contributed by atoms with Crippen molar-refractivity contribution in [1.82, 2.24) is 15.3 Å². The second-order valence-electron chi connectivity index (χ2n) is 4.89. The van der Waals surface area contributed by atoms with E-state index in [1.807, 2.05) is 37.2 Å². The van der Waals surface area contributed by atoms with Crippen molar-refractivity contribution in [2.24, 2.45) is 0 Å². The van der Waals surface area contributed by atoms with Crippen LogP contribution in [0.4, 0.5) is 5.95 Å². The molecule has 2 aromatic heterocycles. The van der Waals surface area contributed by atoms with E-state index in [4.69, 9.17) is 4.42 Å². The van der Waals surface area contributed by atoms with E-state index in [0.29, 0.717) is 6.54 Å². The number of aryl methyl sites for hydroxylation is 1. The average Bonchev–Trinajstić information content (AvgIpc) is 2.93. The van der Waals surface area contributed by atoms with Crippen LogP contribution in [0.25, 0.3) is 0 Å². The predicted molar refractivity (Wildman–Crippen MR) is 79.6 cm³/mol. The number of aromatic nitrogens is 2. The van der Waals surface area contributed by atoms with E-state index in [-0.39, 0.29) is 0 Å². The molecule has 0 atom stereocenters. The van der Waals surface area contributed by atoms with Crippen LogP contribution in [0.1, 0.15) is 30.4 Å². The van der Waals surface area contributed by atoms with Crippen LogP contribution in [-0.2, 0) is 13.1 Å². The first-order chi connectivity index (χ1) is 9.70. The minimum Gasteiger partial charge on any atom is -0.467 e. The zero-order valence-corrected chi connectivity index (χ0v) is 12.4. The van der Waals surface area contributed by atoms with Gasteiger partial charge in [-0.3, -0.25) is 0 Å². The second kappa shape index (κ2) is 7.05. The van der Waals surface area contributed by atoms with Crippen LogP contribution < -0.4 is 10.2 Å². The maximum Gasteiger partial charge on any atom is 0.225 e. The van der Waals surface area contributed by atoms with Crippen molar-refractivity contribution in [3.05, 3.63) is 41.6 Å². The van der Waals surface area contributed by atoms with Gasteiger partial charge in [0.2, 0.25) is 5.95 Å². The molecule has 0 saturated carbocycles. The molecule has 2 heterocycles. The molecule has 2 aromatic rings. The maximum absolute atomic E-state index is 5.34. The summed E-state index contributed by atoms with van der Waals surface area (Å²) in [5.74, 6) is 1.63. The largest absolute Gasteiger partial charge is 0.467 e. The van der Waals surface area contributed by atoms with Gasteiger partial charge < -0.3 is 14.6 Å². The lowest BCUT2D eigenvalue weighted by atomic mass is 10.2. The smallest absolute Gasteiger partial charge is 0.225 e. The zero-order chi connectivity index (χ0) is 14.4.